The van der Waals surface area contributed by atoms with Crippen LogP contribution in [-0.4, -0.2) is 61.0 Å². The van der Waals surface area contributed by atoms with E-state index >= 15 is 0 Å². The Hall–Kier alpha value is -1.62. The maximum absolute atomic E-state index is 13.0. The van der Waals surface area contributed by atoms with Crippen LogP contribution in [0.1, 0.15) is 26.2 Å². The maximum atomic E-state index is 13.0. The van der Waals surface area contributed by atoms with E-state index in [-0.39, 0.29) is 11.7 Å². The molecule has 4 nitrogen and oxygen atoms in total. The third-order valence-electron chi connectivity index (χ3n) is 5.05. The second-order valence-electron chi connectivity index (χ2n) is 6.67. The Morgan fingerprint density at radius 2 is 1.78 bits per heavy atom. The lowest BCUT2D eigenvalue weighted by Crippen LogP contribution is -2.52. The molecular formula is C18H26FN3O. The van der Waals surface area contributed by atoms with Crippen molar-refractivity contribution in [3.8, 4) is 0 Å². The van der Waals surface area contributed by atoms with Crippen LogP contribution in [-0.2, 0) is 4.79 Å². The minimum absolute atomic E-state index is 0.200. The van der Waals surface area contributed by atoms with Crippen LogP contribution < -0.4 is 4.90 Å². The molecule has 0 bridgehead atoms. The highest BCUT2D eigenvalue weighted by molar-refractivity contribution is 5.78. The van der Waals surface area contributed by atoms with Crippen LogP contribution in [0.2, 0.25) is 0 Å². The molecule has 0 radical (unpaired) electrons. The van der Waals surface area contributed by atoms with Gasteiger partial charge < -0.3 is 9.80 Å². The van der Waals surface area contributed by atoms with Gasteiger partial charge in [-0.2, -0.15) is 0 Å². The molecule has 23 heavy (non-hydrogen) atoms. The zero-order valence-electron chi connectivity index (χ0n) is 13.9. The van der Waals surface area contributed by atoms with E-state index in [4.69, 9.17) is 0 Å². The number of likely N-dealkylation sites (tertiary alicyclic amines) is 1. The van der Waals surface area contributed by atoms with Crippen LogP contribution in [0.15, 0.2) is 24.3 Å². The van der Waals surface area contributed by atoms with Gasteiger partial charge in [-0.15, -0.1) is 0 Å². The van der Waals surface area contributed by atoms with Crippen molar-refractivity contribution < 1.29 is 9.18 Å². The van der Waals surface area contributed by atoms with Gasteiger partial charge in [0.05, 0.1) is 6.54 Å². The van der Waals surface area contributed by atoms with E-state index in [0.717, 1.165) is 51.3 Å². The van der Waals surface area contributed by atoms with Crippen LogP contribution in [0, 0.1) is 5.82 Å². The number of hydrogen-bond acceptors (Lipinski definition) is 3. The number of nitrogens with zero attached hydrogens (tertiary/aromatic N) is 3. The maximum Gasteiger partial charge on any atom is 0.236 e. The number of carbonyl (C=O) groups is 1. The first-order valence-electron chi connectivity index (χ1n) is 8.66. The summed E-state index contributed by atoms with van der Waals surface area (Å²) in [5, 5.41) is 0. The molecule has 2 heterocycles. The fraction of sp³-hybridized carbons (Fsp3) is 0.611. The number of piperazine rings is 1. The Labute approximate surface area is 137 Å². The average molecular weight is 319 g/mol. The van der Waals surface area contributed by atoms with E-state index in [1.54, 1.807) is 0 Å². The number of amides is 1. The zero-order chi connectivity index (χ0) is 16.2. The molecule has 126 valence electrons. The van der Waals surface area contributed by atoms with Gasteiger partial charge in [-0.25, -0.2) is 4.39 Å². The molecule has 2 aliphatic rings. The van der Waals surface area contributed by atoms with E-state index in [2.05, 4.69) is 21.6 Å². The van der Waals surface area contributed by atoms with Gasteiger partial charge in [0.2, 0.25) is 5.91 Å². The summed E-state index contributed by atoms with van der Waals surface area (Å²) in [6.45, 7) is 7.13. The predicted octanol–water partition coefficient (Wildman–Crippen LogP) is 2.35. The Morgan fingerprint density at radius 3 is 2.43 bits per heavy atom. The summed E-state index contributed by atoms with van der Waals surface area (Å²) in [5.74, 6) is 0.0704. The van der Waals surface area contributed by atoms with Gasteiger partial charge in [0, 0.05) is 44.5 Å². The molecule has 3 rings (SSSR count). The van der Waals surface area contributed by atoms with Crippen LogP contribution in [0.25, 0.3) is 0 Å². The molecule has 0 aliphatic carbocycles. The van der Waals surface area contributed by atoms with Crippen molar-refractivity contribution in [2.75, 3.05) is 44.2 Å². The number of anilines is 1. The van der Waals surface area contributed by atoms with Gasteiger partial charge in [0.25, 0.3) is 0 Å². The molecule has 2 aliphatic heterocycles. The van der Waals surface area contributed by atoms with Crippen LogP contribution in [0.5, 0.6) is 0 Å². The van der Waals surface area contributed by atoms with Gasteiger partial charge in [0.1, 0.15) is 5.82 Å². The van der Waals surface area contributed by atoms with E-state index in [1.807, 2.05) is 12.1 Å². The minimum atomic E-state index is -0.200. The lowest BCUT2D eigenvalue weighted by atomic mass is 10.0. The number of piperidine rings is 1. The Kier molecular flexibility index (Phi) is 5.16. The van der Waals surface area contributed by atoms with Gasteiger partial charge in [-0.3, -0.25) is 9.69 Å². The fourth-order valence-corrected chi connectivity index (χ4v) is 3.57. The SMILES string of the molecule is CC1CCCCN1C(=O)CN1CCN(c2ccc(F)cc2)CC1. The second-order valence-corrected chi connectivity index (χ2v) is 6.67. The molecule has 0 aromatic heterocycles. The molecule has 0 saturated carbocycles. The van der Waals surface area contributed by atoms with E-state index in [1.165, 1.54) is 18.6 Å². The van der Waals surface area contributed by atoms with Crippen LogP contribution in [0.3, 0.4) is 0 Å². The summed E-state index contributed by atoms with van der Waals surface area (Å²) < 4.78 is 13.0. The summed E-state index contributed by atoms with van der Waals surface area (Å²) in [7, 11) is 0. The summed E-state index contributed by atoms with van der Waals surface area (Å²) in [6, 6.07) is 7.04. The van der Waals surface area contributed by atoms with Crippen molar-refractivity contribution in [2.45, 2.75) is 32.2 Å². The Balaban J connectivity index is 1.49. The highest BCUT2D eigenvalue weighted by Gasteiger charge is 2.26. The van der Waals surface area contributed by atoms with Crippen LogP contribution in [0.4, 0.5) is 10.1 Å². The second kappa shape index (κ2) is 7.30. The molecule has 2 saturated heterocycles. The Morgan fingerprint density at radius 1 is 1.09 bits per heavy atom. The smallest absolute Gasteiger partial charge is 0.236 e. The third-order valence-corrected chi connectivity index (χ3v) is 5.05. The molecule has 0 spiro atoms. The summed E-state index contributed by atoms with van der Waals surface area (Å²) in [4.78, 5) is 19.0. The zero-order valence-corrected chi connectivity index (χ0v) is 13.9. The summed E-state index contributed by atoms with van der Waals surface area (Å²) in [6.07, 6.45) is 3.50. The lowest BCUT2D eigenvalue weighted by Gasteiger charge is -2.38. The van der Waals surface area contributed by atoms with Crippen molar-refractivity contribution in [1.82, 2.24) is 9.80 Å². The van der Waals surface area contributed by atoms with E-state index in [9.17, 15) is 9.18 Å². The monoisotopic (exact) mass is 319 g/mol. The topological polar surface area (TPSA) is 26.8 Å². The average Bonchev–Trinajstić information content (AvgIpc) is 2.57. The Bertz CT molecular complexity index is 526. The third kappa shape index (κ3) is 4.02. The molecule has 1 aromatic carbocycles. The molecule has 1 atom stereocenters. The van der Waals surface area contributed by atoms with Gasteiger partial charge >= 0.3 is 0 Å². The normalized spacial score (nSPS) is 23.1. The standard InChI is InChI=1S/C18H26FN3O/c1-15-4-2-3-9-22(15)18(23)14-20-10-12-21(13-11-20)17-7-5-16(19)6-8-17/h5-8,15H,2-4,9-14H2,1H3. The number of hydrogen-bond donors (Lipinski definition) is 0. The summed E-state index contributed by atoms with van der Waals surface area (Å²) in [5.41, 5.74) is 1.06. The van der Waals surface area contributed by atoms with Gasteiger partial charge in [0.15, 0.2) is 0 Å². The van der Waals surface area contributed by atoms with Crippen molar-refractivity contribution in [1.29, 1.82) is 0 Å². The molecule has 1 amide bonds. The van der Waals surface area contributed by atoms with Crippen LogP contribution >= 0.6 is 0 Å². The van der Waals surface area contributed by atoms with Gasteiger partial charge in [-0.1, -0.05) is 0 Å². The van der Waals surface area contributed by atoms with Gasteiger partial charge in [-0.05, 0) is 50.5 Å². The number of rotatable bonds is 3. The fourth-order valence-electron chi connectivity index (χ4n) is 3.57. The van der Waals surface area contributed by atoms with Crippen molar-refractivity contribution in [2.24, 2.45) is 0 Å². The number of halogens is 1. The largest absolute Gasteiger partial charge is 0.369 e. The molecule has 5 heteroatoms. The highest BCUT2D eigenvalue weighted by Crippen LogP contribution is 2.19. The molecular weight excluding hydrogens is 293 g/mol. The number of benzene rings is 1. The lowest BCUT2D eigenvalue weighted by molar-refractivity contribution is -0.135. The quantitative estimate of drug-likeness (QED) is 0.856. The highest BCUT2D eigenvalue weighted by atomic mass is 19.1. The molecule has 0 N–H and O–H groups in total. The first kappa shape index (κ1) is 16.2. The van der Waals surface area contributed by atoms with Crippen molar-refractivity contribution >= 4 is 11.6 Å². The number of carbonyl (C=O) groups excluding carboxylic acids is 1. The molecule has 2 fully saturated rings. The molecule has 1 unspecified atom stereocenters. The van der Waals surface area contributed by atoms with Crippen molar-refractivity contribution in [3.05, 3.63) is 30.1 Å². The van der Waals surface area contributed by atoms with Crippen molar-refractivity contribution in [3.63, 3.8) is 0 Å². The molecule has 1 aromatic rings. The van der Waals surface area contributed by atoms with E-state index in [0.29, 0.717) is 12.6 Å². The van der Waals surface area contributed by atoms with E-state index < -0.39 is 0 Å². The predicted molar refractivity (Wildman–Crippen MR) is 90.1 cm³/mol. The summed E-state index contributed by atoms with van der Waals surface area (Å²) >= 11 is 0. The minimum Gasteiger partial charge on any atom is -0.369 e. The first-order valence-corrected chi connectivity index (χ1v) is 8.66. The first-order chi connectivity index (χ1) is 11.1.